The number of amides is 2. The number of fused-ring (bicyclic) bond motifs is 1. The molecule has 0 aromatic heterocycles. The van der Waals surface area contributed by atoms with E-state index in [2.05, 4.69) is 29.6 Å². The van der Waals surface area contributed by atoms with Crippen LogP contribution in [-0.2, 0) is 22.4 Å². The van der Waals surface area contributed by atoms with Crippen molar-refractivity contribution in [2.75, 3.05) is 19.6 Å². The summed E-state index contributed by atoms with van der Waals surface area (Å²) in [6, 6.07) is 8.67. The number of likely N-dealkylation sites (tertiary alicyclic amines) is 1. The number of nitrogens with zero attached hydrogens (tertiary/aromatic N) is 1. The fourth-order valence-electron chi connectivity index (χ4n) is 4.38. The first-order valence-corrected chi connectivity index (χ1v) is 9.84. The van der Waals surface area contributed by atoms with Gasteiger partial charge in [0.25, 0.3) is 0 Å². The van der Waals surface area contributed by atoms with Crippen molar-refractivity contribution >= 4 is 11.8 Å². The quantitative estimate of drug-likeness (QED) is 0.895. The summed E-state index contributed by atoms with van der Waals surface area (Å²) >= 11 is 0. The second kappa shape index (κ2) is 7.19. The molecule has 0 bridgehead atoms. The molecule has 2 aliphatic carbocycles. The Labute approximate surface area is 150 Å². The van der Waals surface area contributed by atoms with Gasteiger partial charge in [0.15, 0.2) is 0 Å². The van der Waals surface area contributed by atoms with Crippen molar-refractivity contribution in [2.24, 2.45) is 17.8 Å². The van der Waals surface area contributed by atoms with E-state index in [4.69, 9.17) is 0 Å². The molecule has 4 heteroatoms. The van der Waals surface area contributed by atoms with E-state index in [-0.39, 0.29) is 23.7 Å². The average Bonchev–Trinajstić information content (AvgIpc) is 3.40. The van der Waals surface area contributed by atoms with Gasteiger partial charge in [-0.25, -0.2) is 0 Å². The lowest BCUT2D eigenvalue weighted by atomic mass is 9.96. The van der Waals surface area contributed by atoms with Crippen LogP contribution in [0.4, 0.5) is 0 Å². The van der Waals surface area contributed by atoms with E-state index in [9.17, 15) is 9.59 Å². The first-order chi connectivity index (χ1) is 12.2. The van der Waals surface area contributed by atoms with Crippen LogP contribution in [0.5, 0.6) is 0 Å². The zero-order valence-corrected chi connectivity index (χ0v) is 14.9. The van der Waals surface area contributed by atoms with Crippen LogP contribution in [0.1, 0.15) is 43.2 Å². The fourth-order valence-corrected chi connectivity index (χ4v) is 4.38. The Morgan fingerprint density at radius 3 is 2.44 bits per heavy atom. The zero-order valence-electron chi connectivity index (χ0n) is 14.9. The van der Waals surface area contributed by atoms with Gasteiger partial charge in [0, 0.05) is 25.6 Å². The van der Waals surface area contributed by atoms with Crippen molar-refractivity contribution in [1.29, 1.82) is 0 Å². The first kappa shape index (κ1) is 16.6. The Hall–Kier alpha value is -1.84. The van der Waals surface area contributed by atoms with Crippen LogP contribution in [0.25, 0.3) is 0 Å². The van der Waals surface area contributed by atoms with Gasteiger partial charge in [0.1, 0.15) is 0 Å². The molecule has 25 heavy (non-hydrogen) atoms. The van der Waals surface area contributed by atoms with Gasteiger partial charge in [0.05, 0.1) is 5.92 Å². The van der Waals surface area contributed by atoms with Gasteiger partial charge < -0.3 is 10.2 Å². The van der Waals surface area contributed by atoms with Crippen LogP contribution in [0.3, 0.4) is 0 Å². The van der Waals surface area contributed by atoms with Gasteiger partial charge in [-0.1, -0.05) is 24.3 Å². The molecule has 2 amide bonds. The van der Waals surface area contributed by atoms with Crippen LogP contribution in [0.2, 0.25) is 0 Å². The van der Waals surface area contributed by atoms with Gasteiger partial charge in [-0.05, 0) is 62.0 Å². The second-order valence-corrected chi connectivity index (χ2v) is 8.02. The summed E-state index contributed by atoms with van der Waals surface area (Å²) in [5.41, 5.74) is 2.95. The standard InChI is InChI=1S/C21H28N2O2/c24-20(19-6-3-11-23(14-19)21(25)16-7-8-16)22-10-9-15-12-17-4-1-2-5-18(17)13-15/h1-2,4-5,15-16,19H,3,6-14H2,(H,22,24)/t19-/m0/s1. The van der Waals surface area contributed by atoms with E-state index in [1.165, 1.54) is 11.1 Å². The van der Waals surface area contributed by atoms with Gasteiger partial charge in [0.2, 0.25) is 11.8 Å². The summed E-state index contributed by atoms with van der Waals surface area (Å²) < 4.78 is 0. The van der Waals surface area contributed by atoms with Crippen molar-refractivity contribution in [3.05, 3.63) is 35.4 Å². The molecule has 1 aromatic rings. The maximum absolute atomic E-state index is 12.5. The molecule has 4 nitrogen and oxygen atoms in total. The lowest BCUT2D eigenvalue weighted by Gasteiger charge is -2.32. The number of hydrogen-bond donors (Lipinski definition) is 1. The maximum Gasteiger partial charge on any atom is 0.225 e. The van der Waals surface area contributed by atoms with Crippen LogP contribution < -0.4 is 5.32 Å². The van der Waals surface area contributed by atoms with Crippen molar-refractivity contribution in [2.45, 2.75) is 44.9 Å². The van der Waals surface area contributed by atoms with E-state index < -0.39 is 0 Å². The van der Waals surface area contributed by atoms with Crippen molar-refractivity contribution in [3.63, 3.8) is 0 Å². The summed E-state index contributed by atoms with van der Waals surface area (Å²) in [6.45, 7) is 2.21. The van der Waals surface area contributed by atoms with Crippen LogP contribution >= 0.6 is 0 Å². The second-order valence-electron chi connectivity index (χ2n) is 8.02. The molecule has 0 spiro atoms. The van der Waals surface area contributed by atoms with Crippen LogP contribution in [0.15, 0.2) is 24.3 Å². The smallest absolute Gasteiger partial charge is 0.225 e. The van der Waals surface area contributed by atoms with Gasteiger partial charge in [-0.2, -0.15) is 0 Å². The van der Waals surface area contributed by atoms with E-state index in [1.807, 2.05) is 4.90 Å². The van der Waals surface area contributed by atoms with E-state index in [0.717, 1.165) is 58.0 Å². The minimum atomic E-state index is -0.0165. The molecule has 1 saturated carbocycles. The first-order valence-electron chi connectivity index (χ1n) is 9.84. The Morgan fingerprint density at radius 1 is 1.04 bits per heavy atom. The number of rotatable bonds is 5. The molecule has 1 saturated heterocycles. The summed E-state index contributed by atoms with van der Waals surface area (Å²) in [5.74, 6) is 1.31. The molecule has 0 radical (unpaired) electrons. The van der Waals surface area contributed by atoms with Crippen LogP contribution in [0, 0.1) is 17.8 Å². The molecule has 1 atom stereocenters. The molecule has 134 valence electrons. The zero-order chi connectivity index (χ0) is 17.2. The number of piperidine rings is 1. The lowest BCUT2D eigenvalue weighted by molar-refractivity contribution is -0.136. The van der Waals surface area contributed by atoms with Gasteiger partial charge >= 0.3 is 0 Å². The molecule has 1 aliphatic heterocycles. The minimum Gasteiger partial charge on any atom is -0.356 e. The topological polar surface area (TPSA) is 49.4 Å². The summed E-state index contributed by atoms with van der Waals surface area (Å²) in [6.07, 6.45) is 7.26. The number of hydrogen-bond acceptors (Lipinski definition) is 2. The van der Waals surface area contributed by atoms with Gasteiger partial charge in [-0.15, -0.1) is 0 Å². The molecule has 4 rings (SSSR count). The third kappa shape index (κ3) is 3.88. The molecule has 3 aliphatic rings. The highest BCUT2D eigenvalue weighted by molar-refractivity contribution is 5.83. The molecule has 2 fully saturated rings. The highest BCUT2D eigenvalue weighted by Crippen LogP contribution is 2.32. The van der Waals surface area contributed by atoms with Crippen molar-refractivity contribution < 1.29 is 9.59 Å². The summed E-state index contributed by atoms with van der Waals surface area (Å²) in [4.78, 5) is 26.6. The Balaban J connectivity index is 1.21. The van der Waals surface area contributed by atoms with Crippen molar-refractivity contribution in [3.8, 4) is 0 Å². The third-order valence-electron chi connectivity index (χ3n) is 6.02. The molecule has 1 N–H and O–H groups in total. The van der Waals surface area contributed by atoms with Crippen LogP contribution in [-0.4, -0.2) is 36.3 Å². The lowest BCUT2D eigenvalue weighted by Crippen LogP contribution is -2.46. The highest BCUT2D eigenvalue weighted by atomic mass is 16.2. The largest absolute Gasteiger partial charge is 0.356 e. The maximum atomic E-state index is 12.5. The molecule has 0 unspecified atom stereocenters. The highest BCUT2D eigenvalue weighted by Gasteiger charge is 2.36. The molecule has 1 heterocycles. The minimum absolute atomic E-state index is 0.0165. The number of carbonyl (C=O) groups excluding carboxylic acids is 2. The fraction of sp³-hybridized carbons (Fsp3) is 0.619. The monoisotopic (exact) mass is 340 g/mol. The average molecular weight is 340 g/mol. The normalized spacial score (nSPS) is 23.4. The SMILES string of the molecule is O=C(NCCC1Cc2ccccc2C1)[C@H]1CCCN(C(=O)C2CC2)C1. The predicted molar refractivity (Wildman–Crippen MR) is 97.0 cm³/mol. The Kier molecular flexibility index (Phi) is 4.78. The van der Waals surface area contributed by atoms with E-state index in [0.29, 0.717) is 12.5 Å². The molecular weight excluding hydrogens is 312 g/mol. The van der Waals surface area contributed by atoms with Crippen molar-refractivity contribution in [1.82, 2.24) is 10.2 Å². The molecular formula is C21H28N2O2. The van der Waals surface area contributed by atoms with Gasteiger partial charge in [-0.3, -0.25) is 9.59 Å². The predicted octanol–water partition coefficient (Wildman–Crippen LogP) is 2.56. The summed E-state index contributed by atoms with van der Waals surface area (Å²) in [5, 5.41) is 3.13. The molecule has 1 aromatic carbocycles. The van der Waals surface area contributed by atoms with E-state index >= 15 is 0 Å². The Bertz CT molecular complexity index is 628. The summed E-state index contributed by atoms with van der Waals surface area (Å²) in [7, 11) is 0. The number of nitrogens with one attached hydrogen (secondary N) is 1. The van der Waals surface area contributed by atoms with E-state index in [1.54, 1.807) is 0 Å². The number of benzene rings is 1. The number of carbonyl (C=O) groups is 2. The third-order valence-corrected chi connectivity index (χ3v) is 6.02. The Morgan fingerprint density at radius 2 is 1.76 bits per heavy atom.